The second kappa shape index (κ2) is 9.45. The third kappa shape index (κ3) is 5.49. The van der Waals surface area contributed by atoms with Gasteiger partial charge >= 0.3 is 13.2 Å². The largest absolute Gasteiger partial charge is 0.435 e. The molecule has 1 saturated heterocycles. The molecule has 29 heavy (non-hydrogen) atoms. The van der Waals surface area contributed by atoms with Crippen LogP contribution in [-0.4, -0.2) is 30.6 Å². The first-order valence-corrected chi connectivity index (χ1v) is 9.01. The van der Waals surface area contributed by atoms with Gasteiger partial charge in [0.25, 0.3) is 0 Å². The Morgan fingerprint density at radius 1 is 1.03 bits per heavy atom. The summed E-state index contributed by atoms with van der Waals surface area (Å²) in [6.45, 7) is -5.66. The maximum Gasteiger partial charge on any atom is 0.387 e. The number of ether oxygens (including phenoxy) is 2. The number of nitrogens with zero attached hydrogens (tertiary/aromatic N) is 1. The molecule has 1 heterocycles. The van der Waals surface area contributed by atoms with Crippen molar-refractivity contribution in [3.05, 3.63) is 65.7 Å². The molecular formula is C21H19F4NO3. The molecule has 4 nitrogen and oxygen atoms in total. The summed E-state index contributed by atoms with van der Waals surface area (Å²) >= 11 is 0. The minimum atomic E-state index is -3.15. The van der Waals surface area contributed by atoms with Crippen LogP contribution < -0.4 is 9.47 Å². The predicted molar refractivity (Wildman–Crippen MR) is 98.9 cm³/mol. The SMILES string of the molecule is O=C(C=Cc1ccc(OC(F)F)cc1OC(F)F)N1CCCC1c1ccccc1. The van der Waals surface area contributed by atoms with Crippen molar-refractivity contribution in [3.8, 4) is 11.5 Å². The number of benzene rings is 2. The maximum atomic E-state index is 12.7. The molecule has 1 fully saturated rings. The number of likely N-dealkylation sites (tertiary alicyclic amines) is 1. The Bertz CT molecular complexity index is 858. The van der Waals surface area contributed by atoms with Crippen molar-refractivity contribution < 1.29 is 31.8 Å². The Hall–Kier alpha value is -3.03. The van der Waals surface area contributed by atoms with Crippen LogP contribution in [-0.2, 0) is 4.79 Å². The highest BCUT2D eigenvalue weighted by atomic mass is 19.3. The van der Waals surface area contributed by atoms with Gasteiger partial charge in [-0.2, -0.15) is 17.6 Å². The third-order valence-corrected chi connectivity index (χ3v) is 4.55. The molecule has 0 spiro atoms. The van der Waals surface area contributed by atoms with Crippen LogP contribution in [0.15, 0.2) is 54.6 Å². The summed E-state index contributed by atoms with van der Waals surface area (Å²) in [6, 6.07) is 13.0. The van der Waals surface area contributed by atoms with Crippen LogP contribution >= 0.6 is 0 Å². The summed E-state index contributed by atoms with van der Waals surface area (Å²) in [6.07, 6.45) is 4.29. The molecule has 154 valence electrons. The third-order valence-electron chi connectivity index (χ3n) is 4.55. The van der Waals surface area contributed by atoms with Gasteiger partial charge in [-0.15, -0.1) is 0 Å². The first-order chi connectivity index (χ1) is 13.9. The van der Waals surface area contributed by atoms with Crippen molar-refractivity contribution in [2.45, 2.75) is 32.1 Å². The molecule has 3 rings (SSSR count). The topological polar surface area (TPSA) is 38.8 Å². The Labute approximate surface area is 165 Å². The summed E-state index contributed by atoms with van der Waals surface area (Å²) in [4.78, 5) is 14.4. The first-order valence-electron chi connectivity index (χ1n) is 9.01. The number of alkyl halides is 4. The zero-order valence-electron chi connectivity index (χ0n) is 15.3. The van der Waals surface area contributed by atoms with E-state index in [9.17, 15) is 22.4 Å². The van der Waals surface area contributed by atoms with E-state index in [1.807, 2.05) is 30.3 Å². The molecule has 0 aliphatic carbocycles. The van der Waals surface area contributed by atoms with E-state index < -0.39 is 13.2 Å². The lowest BCUT2D eigenvalue weighted by atomic mass is 10.0. The minimum Gasteiger partial charge on any atom is -0.435 e. The fraction of sp³-hybridized carbons (Fsp3) is 0.286. The van der Waals surface area contributed by atoms with Gasteiger partial charge in [0.2, 0.25) is 5.91 Å². The lowest BCUT2D eigenvalue weighted by Crippen LogP contribution is -2.28. The van der Waals surface area contributed by atoms with E-state index in [1.54, 1.807) is 4.90 Å². The molecule has 8 heteroatoms. The summed E-state index contributed by atoms with van der Waals surface area (Å²) in [5.41, 5.74) is 1.18. The molecular weight excluding hydrogens is 390 g/mol. The van der Waals surface area contributed by atoms with Crippen LogP contribution in [0.5, 0.6) is 11.5 Å². The van der Waals surface area contributed by atoms with E-state index in [1.165, 1.54) is 24.3 Å². The number of hydrogen-bond acceptors (Lipinski definition) is 3. The Kier molecular flexibility index (Phi) is 6.74. The number of carbonyl (C=O) groups is 1. The zero-order chi connectivity index (χ0) is 20.8. The molecule has 1 amide bonds. The zero-order valence-corrected chi connectivity index (χ0v) is 15.3. The summed E-state index contributed by atoms with van der Waals surface area (Å²) in [5, 5.41) is 0. The van der Waals surface area contributed by atoms with Crippen LogP contribution in [0.1, 0.15) is 30.0 Å². The van der Waals surface area contributed by atoms with Crippen molar-refractivity contribution in [3.63, 3.8) is 0 Å². The molecule has 0 bridgehead atoms. The van der Waals surface area contributed by atoms with Crippen molar-refractivity contribution >= 4 is 12.0 Å². The molecule has 2 aromatic carbocycles. The van der Waals surface area contributed by atoms with Crippen molar-refractivity contribution in [2.24, 2.45) is 0 Å². The second-order valence-corrected chi connectivity index (χ2v) is 6.39. The molecule has 0 saturated carbocycles. The molecule has 1 aliphatic rings. The van der Waals surface area contributed by atoms with E-state index in [-0.39, 0.29) is 29.0 Å². The van der Waals surface area contributed by atoms with Crippen LogP contribution in [0.3, 0.4) is 0 Å². The van der Waals surface area contributed by atoms with E-state index in [4.69, 9.17) is 0 Å². The number of halogens is 4. The Balaban J connectivity index is 1.78. The highest BCUT2D eigenvalue weighted by Crippen LogP contribution is 2.33. The highest BCUT2D eigenvalue weighted by Gasteiger charge is 2.28. The van der Waals surface area contributed by atoms with E-state index in [0.29, 0.717) is 6.54 Å². The maximum absolute atomic E-state index is 12.7. The number of rotatable bonds is 7. The Morgan fingerprint density at radius 2 is 1.76 bits per heavy atom. The average molecular weight is 409 g/mol. The van der Waals surface area contributed by atoms with Crippen molar-refractivity contribution in [1.82, 2.24) is 4.90 Å². The number of hydrogen-bond donors (Lipinski definition) is 0. The van der Waals surface area contributed by atoms with Gasteiger partial charge in [-0.25, -0.2) is 0 Å². The van der Waals surface area contributed by atoms with Gasteiger partial charge in [0, 0.05) is 24.3 Å². The molecule has 2 aromatic rings. The van der Waals surface area contributed by atoms with Crippen LogP contribution in [0.25, 0.3) is 6.08 Å². The lowest BCUT2D eigenvalue weighted by molar-refractivity contribution is -0.126. The summed E-state index contributed by atoms with van der Waals surface area (Å²) in [5.74, 6) is -0.946. The van der Waals surface area contributed by atoms with E-state index in [0.717, 1.165) is 24.5 Å². The molecule has 1 aliphatic heterocycles. The standard InChI is InChI=1S/C21H19F4NO3/c22-20(23)28-16-10-8-15(18(13-16)29-21(24)25)9-11-19(27)26-12-4-7-17(26)14-5-2-1-3-6-14/h1-3,5-6,8-11,13,17,20-21H,4,7,12H2. The van der Waals surface area contributed by atoms with Crippen LogP contribution in [0.2, 0.25) is 0 Å². The van der Waals surface area contributed by atoms with Gasteiger partial charge in [-0.05, 0) is 36.6 Å². The van der Waals surface area contributed by atoms with Gasteiger partial charge in [0.15, 0.2) is 0 Å². The van der Waals surface area contributed by atoms with E-state index >= 15 is 0 Å². The lowest BCUT2D eigenvalue weighted by Gasteiger charge is -2.23. The fourth-order valence-electron chi connectivity index (χ4n) is 3.34. The number of amides is 1. The summed E-state index contributed by atoms with van der Waals surface area (Å²) < 4.78 is 58.6. The fourth-order valence-corrected chi connectivity index (χ4v) is 3.34. The van der Waals surface area contributed by atoms with E-state index in [2.05, 4.69) is 9.47 Å². The van der Waals surface area contributed by atoms with Crippen molar-refractivity contribution in [1.29, 1.82) is 0 Å². The van der Waals surface area contributed by atoms with Gasteiger partial charge < -0.3 is 14.4 Å². The smallest absolute Gasteiger partial charge is 0.387 e. The first kappa shape index (κ1) is 20.7. The molecule has 1 atom stereocenters. The molecule has 1 unspecified atom stereocenters. The molecule has 0 N–H and O–H groups in total. The number of carbonyl (C=O) groups excluding carboxylic acids is 1. The van der Waals surface area contributed by atoms with Gasteiger partial charge in [0.1, 0.15) is 11.5 Å². The summed E-state index contributed by atoms with van der Waals surface area (Å²) in [7, 11) is 0. The van der Waals surface area contributed by atoms with Gasteiger partial charge in [-0.3, -0.25) is 4.79 Å². The second-order valence-electron chi connectivity index (χ2n) is 6.39. The van der Waals surface area contributed by atoms with Gasteiger partial charge in [-0.1, -0.05) is 30.3 Å². The quantitative estimate of drug-likeness (QED) is 0.462. The normalized spacial score (nSPS) is 16.8. The van der Waals surface area contributed by atoms with Crippen molar-refractivity contribution in [2.75, 3.05) is 6.54 Å². The average Bonchev–Trinajstić information content (AvgIpc) is 3.17. The predicted octanol–water partition coefficient (Wildman–Crippen LogP) is 5.27. The van der Waals surface area contributed by atoms with Gasteiger partial charge in [0.05, 0.1) is 6.04 Å². The monoisotopic (exact) mass is 409 g/mol. The highest BCUT2D eigenvalue weighted by molar-refractivity contribution is 5.92. The molecule has 0 aromatic heterocycles. The minimum absolute atomic E-state index is 0.0491. The Morgan fingerprint density at radius 3 is 2.45 bits per heavy atom. The van der Waals surface area contributed by atoms with Crippen LogP contribution in [0.4, 0.5) is 17.6 Å². The molecule has 0 radical (unpaired) electrons. The van der Waals surface area contributed by atoms with Crippen LogP contribution in [0, 0.1) is 0 Å².